The van der Waals surface area contributed by atoms with Gasteiger partial charge in [0.25, 0.3) is 0 Å². The van der Waals surface area contributed by atoms with Crippen molar-refractivity contribution in [1.82, 2.24) is 0 Å². The maximum absolute atomic E-state index is 6.26. The van der Waals surface area contributed by atoms with Gasteiger partial charge in [0.2, 0.25) is 0 Å². The number of aryl methyl sites for hydroxylation is 3. The third kappa shape index (κ3) is 1.98. The fourth-order valence-electron chi connectivity index (χ4n) is 2.48. The summed E-state index contributed by atoms with van der Waals surface area (Å²) in [7, 11) is 0. The Bertz CT molecular complexity index is 411. The van der Waals surface area contributed by atoms with Gasteiger partial charge in [-0.25, -0.2) is 0 Å². The summed E-state index contributed by atoms with van der Waals surface area (Å²) in [6.07, 6.45) is 3.08. The minimum atomic E-state index is -0.108. The normalized spacial score (nSPS) is 16.9. The Labute approximate surface area is 97.1 Å². The van der Waals surface area contributed by atoms with E-state index in [1.54, 1.807) is 0 Å². The molecule has 0 spiro atoms. The molecule has 1 aromatic rings. The number of rotatable bonds is 2. The summed E-state index contributed by atoms with van der Waals surface area (Å²) in [4.78, 5) is 0. The number of hydrogen-bond acceptors (Lipinski definition) is 2. The van der Waals surface area contributed by atoms with E-state index in [1.807, 2.05) is 0 Å². The van der Waals surface area contributed by atoms with Crippen molar-refractivity contribution in [2.45, 2.75) is 33.2 Å². The van der Waals surface area contributed by atoms with E-state index in [0.29, 0.717) is 0 Å². The van der Waals surface area contributed by atoms with Crippen molar-refractivity contribution in [1.29, 1.82) is 0 Å². The molecule has 0 amide bonds. The van der Waals surface area contributed by atoms with Crippen LogP contribution in [0.5, 0.6) is 0 Å². The highest BCUT2D eigenvalue weighted by Crippen LogP contribution is 2.29. The van der Waals surface area contributed by atoms with Gasteiger partial charge < -0.3 is 10.5 Å². The summed E-state index contributed by atoms with van der Waals surface area (Å²) in [6, 6.07) is 4.25. The number of hydrogen-bond donors (Lipinski definition) is 1. The fourth-order valence-corrected chi connectivity index (χ4v) is 2.48. The van der Waals surface area contributed by atoms with Crippen LogP contribution in [0.3, 0.4) is 0 Å². The molecule has 0 aliphatic carbocycles. The molecule has 2 heteroatoms. The van der Waals surface area contributed by atoms with Crippen LogP contribution < -0.4 is 5.73 Å². The Morgan fingerprint density at radius 1 is 1.19 bits per heavy atom. The van der Waals surface area contributed by atoms with Gasteiger partial charge in [-0.1, -0.05) is 17.7 Å². The molecule has 86 valence electrons. The van der Waals surface area contributed by atoms with Gasteiger partial charge in [-0.2, -0.15) is 0 Å². The van der Waals surface area contributed by atoms with Gasteiger partial charge in [-0.15, -0.1) is 0 Å². The molecule has 1 aliphatic heterocycles. The predicted octanol–water partition coefficient (Wildman–Crippen LogP) is 2.92. The van der Waals surface area contributed by atoms with Gasteiger partial charge >= 0.3 is 0 Å². The van der Waals surface area contributed by atoms with Gasteiger partial charge in [-0.05, 0) is 43.5 Å². The fraction of sp³-hybridized carbons (Fsp3) is 0.429. The highest BCUT2D eigenvalue weighted by molar-refractivity contribution is 5.42. The smallest absolute Gasteiger partial charge is 0.113 e. The molecular weight excluding hydrogens is 198 g/mol. The van der Waals surface area contributed by atoms with Crippen molar-refractivity contribution in [3.05, 3.63) is 46.2 Å². The van der Waals surface area contributed by atoms with Crippen LogP contribution in [0, 0.1) is 20.8 Å². The second kappa shape index (κ2) is 4.30. The van der Waals surface area contributed by atoms with Crippen LogP contribution in [0.15, 0.2) is 24.0 Å². The van der Waals surface area contributed by atoms with E-state index < -0.39 is 0 Å². The second-order valence-corrected chi connectivity index (χ2v) is 4.53. The molecule has 0 bridgehead atoms. The molecule has 0 aromatic heterocycles. The predicted molar refractivity (Wildman–Crippen MR) is 66.2 cm³/mol. The molecule has 1 atom stereocenters. The monoisotopic (exact) mass is 217 g/mol. The van der Waals surface area contributed by atoms with Crippen LogP contribution in [0.1, 0.15) is 34.7 Å². The molecule has 0 radical (unpaired) electrons. The Morgan fingerprint density at radius 3 is 2.31 bits per heavy atom. The van der Waals surface area contributed by atoms with Crippen molar-refractivity contribution in [3.63, 3.8) is 0 Å². The molecule has 2 N–H and O–H groups in total. The lowest BCUT2D eigenvalue weighted by atomic mass is 9.93. The van der Waals surface area contributed by atoms with E-state index >= 15 is 0 Å². The summed E-state index contributed by atoms with van der Waals surface area (Å²) in [5.41, 5.74) is 11.3. The first kappa shape index (κ1) is 11.2. The summed E-state index contributed by atoms with van der Waals surface area (Å²) < 4.78 is 5.55. The van der Waals surface area contributed by atoms with E-state index in [0.717, 1.165) is 18.8 Å². The first-order chi connectivity index (χ1) is 7.59. The molecule has 2 nitrogen and oxygen atoms in total. The molecule has 1 aliphatic rings. The van der Waals surface area contributed by atoms with Gasteiger partial charge in [0.1, 0.15) is 5.76 Å². The molecule has 1 unspecified atom stereocenters. The summed E-state index contributed by atoms with van der Waals surface area (Å²) in [6.45, 7) is 7.11. The van der Waals surface area contributed by atoms with E-state index in [2.05, 4.69) is 39.0 Å². The topological polar surface area (TPSA) is 35.2 Å². The Kier molecular flexibility index (Phi) is 3.01. The lowest BCUT2D eigenvalue weighted by Gasteiger charge is -2.19. The van der Waals surface area contributed by atoms with Gasteiger partial charge in [-0.3, -0.25) is 0 Å². The van der Waals surface area contributed by atoms with Crippen LogP contribution in [0.25, 0.3) is 0 Å². The zero-order chi connectivity index (χ0) is 11.7. The summed E-state index contributed by atoms with van der Waals surface area (Å²) >= 11 is 0. The first-order valence-electron chi connectivity index (χ1n) is 5.76. The molecule has 0 saturated heterocycles. The SMILES string of the molecule is Cc1cc(C)c(C(N)C2=CCCO2)c(C)c1. The Hall–Kier alpha value is -1.28. The van der Waals surface area contributed by atoms with E-state index in [1.165, 1.54) is 22.3 Å². The Morgan fingerprint density at radius 2 is 1.81 bits per heavy atom. The highest BCUT2D eigenvalue weighted by Gasteiger charge is 2.20. The van der Waals surface area contributed by atoms with Gasteiger partial charge in [0.05, 0.1) is 12.6 Å². The zero-order valence-electron chi connectivity index (χ0n) is 10.2. The van der Waals surface area contributed by atoms with Crippen molar-refractivity contribution < 1.29 is 4.74 Å². The van der Waals surface area contributed by atoms with Crippen LogP contribution in [0.2, 0.25) is 0 Å². The van der Waals surface area contributed by atoms with Gasteiger partial charge in [0, 0.05) is 6.42 Å². The second-order valence-electron chi connectivity index (χ2n) is 4.53. The standard InChI is InChI=1S/C14H19NO/c1-9-7-10(2)13(11(3)8-9)14(15)12-5-4-6-16-12/h5,7-8,14H,4,6,15H2,1-3H3. The number of ether oxygens (including phenoxy) is 1. The minimum Gasteiger partial charge on any atom is -0.496 e. The maximum Gasteiger partial charge on any atom is 0.113 e. The number of benzene rings is 1. The van der Waals surface area contributed by atoms with E-state index in [-0.39, 0.29) is 6.04 Å². The van der Waals surface area contributed by atoms with Gasteiger partial charge in [0.15, 0.2) is 0 Å². The Balaban J connectivity index is 2.39. The minimum absolute atomic E-state index is 0.108. The largest absolute Gasteiger partial charge is 0.496 e. The molecule has 1 aromatic carbocycles. The lowest BCUT2D eigenvalue weighted by molar-refractivity contribution is 0.225. The van der Waals surface area contributed by atoms with Crippen molar-refractivity contribution >= 4 is 0 Å². The van der Waals surface area contributed by atoms with Crippen molar-refractivity contribution in [2.24, 2.45) is 5.73 Å². The molecule has 0 saturated carbocycles. The summed E-state index contributed by atoms with van der Waals surface area (Å²) in [5.74, 6) is 0.926. The lowest BCUT2D eigenvalue weighted by Crippen LogP contribution is -2.16. The quantitative estimate of drug-likeness (QED) is 0.826. The average Bonchev–Trinajstić information content (AvgIpc) is 2.67. The summed E-state index contributed by atoms with van der Waals surface area (Å²) in [5, 5.41) is 0. The van der Waals surface area contributed by atoms with E-state index in [9.17, 15) is 0 Å². The average molecular weight is 217 g/mol. The molecule has 0 fully saturated rings. The van der Waals surface area contributed by atoms with Crippen LogP contribution in [-0.2, 0) is 4.74 Å². The third-order valence-corrected chi connectivity index (χ3v) is 3.09. The van der Waals surface area contributed by atoms with E-state index in [4.69, 9.17) is 10.5 Å². The van der Waals surface area contributed by atoms with Crippen LogP contribution in [0.4, 0.5) is 0 Å². The highest BCUT2D eigenvalue weighted by atomic mass is 16.5. The molecule has 2 rings (SSSR count). The van der Waals surface area contributed by atoms with Crippen molar-refractivity contribution in [3.8, 4) is 0 Å². The van der Waals surface area contributed by atoms with Crippen LogP contribution >= 0.6 is 0 Å². The maximum atomic E-state index is 6.26. The first-order valence-corrected chi connectivity index (χ1v) is 5.76. The van der Waals surface area contributed by atoms with Crippen molar-refractivity contribution in [2.75, 3.05) is 6.61 Å². The zero-order valence-corrected chi connectivity index (χ0v) is 10.2. The molecule has 16 heavy (non-hydrogen) atoms. The molecule has 1 heterocycles. The molecular formula is C14H19NO. The van der Waals surface area contributed by atoms with Crippen LogP contribution in [-0.4, -0.2) is 6.61 Å². The number of nitrogens with two attached hydrogens (primary N) is 1. The third-order valence-electron chi connectivity index (χ3n) is 3.09.